The Morgan fingerprint density at radius 1 is 1.42 bits per heavy atom. The lowest BCUT2D eigenvalue weighted by molar-refractivity contribution is 0.500. The molecule has 2 atom stereocenters. The van der Waals surface area contributed by atoms with Crippen LogP contribution in [0.5, 0.6) is 0 Å². The SMILES string of the molecule is CC(CS(C)(=O)=O)NC(C)c1cnc2ccsc2c1. The Balaban J connectivity index is 2.08. The summed E-state index contributed by atoms with van der Waals surface area (Å²) in [5.41, 5.74) is 2.08. The molecule has 1 N–H and O–H groups in total. The third-order valence-electron chi connectivity index (χ3n) is 2.91. The first-order valence-corrected chi connectivity index (χ1v) is 9.06. The van der Waals surface area contributed by atoms with E-state index in [2.05, 4.69) is 16.4 Å². The Bertz CT molecular complexity index is 664. The number of nitrogens with one attached hydrogen (secondary N) is 1. The van der Waals surface area contributed by atoms with E-state index in [1.165, 1.54) is 6.26 Å². The van der Waals surface area contributed by atoms with Gasteiger partial charge in [0.1, 0.15) is 9.84 Å². The predicted molar refractivity (Wildman–Crippen MR) is 80.3 cm³/mol. The number of thiophene rings is 1. The monoisotopic (exact) mass is 298 g/mol. The smallest absolute Gasteiger partial charge is 0.148 e. The van der Waals surface area contributed by atoms with Crippen molar-refractivity contribution in [2.75, 3.05) is 12.0 Å². The van der Waals surface area contributed by atoms with Crippen molar-refractivity contribution in [3.05, 3.63) is 29.3 Å². The number of hydrogen-bond acceptors (Lipinski definition) is 5. The van der Waals surface area contributed by atoms with E-state index in [9.17, 15) is 8.42 Å². The molecule has 0 aliphatic rings. The zero-order valence-electron chi connectivity index (χ0n) is 11.3. The molecule has 0 radical (unpaired) electrons. The van der Waals surface area contributed by atoms with E-state index >= 15 is 0 Å². The summed E-state index contributed by atoms with van der Waals surface area (Å²) in [6.07, 6.45) is 3.11. The second-order valence-electron chi connectivity index (χ2n) is 4.95. The maximum atomic E-state index is 11.2. The molecule has 0 saturated carbocycles. The second-order valence-corrected chi connectivity index (χ2v) is 8.09. The molecule has 2 heterocycles. The van der Waals surface area contributed by atoms with E-state index in [0.717, 1.165) is 15.8 Å². The number of pyridine rings is 1. The number of aromatic nitrogens is 1. The Kier molecular flexibility index (Phi) is 4.23. The van der Waals surface area contributed by atoms with Crippen LogP contribution in [0.4, 0.5) is 0 Å². The number of nitrogens with zero attached hydrogens (tertiary/aromatic N) is 1. The van der Waals surface area contributed by atoms with Gasteiger partial charge in [-0.05, 0) is 36.9 Å². The lowest BCUT2D eigenvalue weighted by atomic mass is 10.1. The van der Waals surface area contributed by atoms with Crippen molar-refractivity contribution in [3.8, 4) is 0 Å². The zero-order chi connectivity index (χ0) is 14.0. The molecule has 0 bridgehead atoms. The molecule has 19 heavy (non-hydrogen) atoms. The molecule has 0 spiro atoms. The van der Waals surface area contributed by atoms with Gasteiger partial charge < -0.3 is 5.32 Å². The van der Waals surface area contributed by atoms with Crippen LogP contribution >= 0.6 is 11.3 Å². The van der Waals surface area contributed by atoms with Crippen molar-refractivity contribution in [1.29, 1.82) is 0 Å². The molecule has 0 fully saturated rings. The first-order chi connectivity index (χ1) is 8.85. The van der Waals surface area contributed by atoms with E-state index in [1.54, 1.807) is 11.3 Å². The van der Waals surface area contributed by atoms with E-state index in [4.69, 9.17) is 0 Å². The lowest BCUT2D eigenvalue weighted by Gasteiger charge is -2.19. The van der Waals surface area contributed by atoms with Crippen molar-refractivity contribution in [2.24, 2.45) is 0 Å². The van der Waals surface area contributed by atoms with Gasteiger partial charge in [-0.15, -0.1) is 11.3 Å². The van der Waals surface area contributed by atoms with Gasteiger partial charge in [0, 0.05) is 24.5 Å². The average Bonchev–Trinajstić information content (AvgIpc) is 2.72. The standard InChI is InChI=1S/C13H18N2O2S2/c1-9(8-19(3,16)17)15-10(2)11-6-13-12(14-7-11)4-5-18-13/h4-7,9-10,15H,8H2,1-3H3. The molecule has 104 valence electrons. The van der Waals surface area contributed by atoms with E-state index in [0.29, 0.717) is 0 Å². The van der Waals surface area contributed by atoms with Crippen molar-refractivity contribution >= 4 is 31.4 Å². The summed E-state index contributed by atoms with van der Waals surface area (Å²) in [6, 6.07) is 4.10. The highest BCUT2D eigenvalue weighted by Crippen LogP contribution is 2.22. The summed E-state index contributed by atoms with van der Waals surface area (Å²) in [5.74, 6) is 0.145. The maximum absolute atomic E-state index is 11.2. The molecule has 2 rings (SSSR count). The van der Waals surface area contributed by atoms with Gasteiger partial charge in [0.15, 0.2) is 0 Å². The molecule has 2 unspecified atom stereocenters. The molecule has 0 aliphatic carbocycles. The van der Waals surface area contributed by atoms with Crippen LogP contribution in [0.15, 0.2) is 23.7 Å². The fraction of sp³-hybridized carbons (Fsp3) is 0.462. The minimum atomic E-state index is -2.95. The first-order valence-electron chi connectivity index (χ1n) is 6.12. The maximum Gasteiger partial charge on any atom is 0.148 e. The molecule has 6 heteroatoms. The number of sulfone groups is 1. The number of rotatable bonds is 5. The molecule has 4 nitrogen and oxygen atoms in total. The van der Waals surface area contributed by atoms with E-state index in [-0.39, 0.29) is 17.8 Å². The highest BCUT2D eigenvalue weighted by atomic mass is 32.2. The lowest BCUT2D eigenvalue weighted by Crippen LogP contribution is -2.34. The molecular weight excluding hydrogens is 280 g/mol. The zero-order valence-corrected chi connectivity index (χ0v) is 12.9. The number of hydrogen-bond donors (Lipinski definition) is 1. The highest BCUT2D eigenvalue weighted by Gasteiger charge is 2.14. The normalized spacial score (nSPS) is 15.5. The largest absolute Gasteiger partial charge is 0.307 e. The van der Waals surface area contributed by atoms with Gasteiger partial charge >= 0.3 is 0 Å². The van der Waals surface area contributed by atoms with Gasteiger partial charge in [-0.3, -0.25) is 4.98 Å². The minimum Gasteiger partial charge on any atom is -0.307 e. The fourth-order valence-corrected chi connectivity index (χ4v) is 3.92. The van der Waals surface area contributed by atoms with Crippen molar-refractivity contribution in [1.82, 2.24) is 10.3 Å². The summed E-state index contributed by atoms with van der Waals surface area (Å²) < 4.78 is 23.7. The Morgan fingerprint density at radius 3 is 2.84 bits per heavy atom. The Labute approximate surface area is 117 Å². The molecular formula is C13H18N2O2S2. The minimum absolute atomic E-state index is 0.0794. The average molecular weight is 298 g/mol. The van der Waals surface area contributed by atoms with Crippen LogP contribution in [0.2, 0.25) is 0 Å². The van der Waals surface area contributed by atoms with Crippen LogP contribution < -0.4 is 5.32 Å². The van der Waals surface area contributed by atoms with Gasteiger partial charge in [-0.25, -0.2) is 8.42 Å². The number of fused-ring (bicyclic) bond motifs is 1. The third kappa shape index (κ3) is 3.99. The summed E-state index contributed by atoms with van der Waals surface area (Å²) >= 11 is 1.66. The fourth-order valence-electron chi connectivity index (χ4n) is 2.12. The van der Waals surface area contributed by atoms with Gasteiger partial charge in [-0.1, -0.05) is 0 Å². The molecule has 2 aromatic rings. The Hall–Kier alpha value is -0.980. The van der Waals surface area contributed by atoms with E-state index < -0.39 is 9.84 Å². The summed E-state index contributed by atoms with van der Waals surface area (Å²) in [5, 5.41) is 5.31. The van der Waals surface area contributed by atoms with Crippen LogP contribution in [0.3, 0.4) is 0 Å². The van der Waals surface area contributed by atoms with E-state index in [1.807, 2.05) is 31.5 Å². The Morgan fingerprint density at radius 2 is 2.16 bits per heavy atom. The van der Waals surface area contributed by atoms with Crippen LogP contribution in [0, 0.1) is 0 Å². The summed E-state index contributed by atoms with van der Waals surface area (Å²) in [4.78, 5) is 4.40. The highest BCUT2D eigenvalue weighted by molar-refractivity contribution is 7.90. The quantitative estimate of drug-likeness (QED) is 0.920. The van der Waals surface area contributed by atoms with Crippen LogP contribution in [-0.4, -0.2) is 31.5 Å². The van der Waals surface area contributed by atoms with Crippen LogP contribution in [0.25, 0.3) is 10.2 Å². The van der Waals surface area contributed by atoms with Crippen molar-refractivity contribution in [2.45, 2.75) is 25.9 Å². The van der Waals surface area contributed by atoms with Gasteiger partial charge in [0.2, 0.25) is 0 Å². The third-order valence-corrected chi connectivity index (χ3v) is 4.87. The molecule has 0 aliphatic heterocycles. The van der Waals surface area contributed by atoms with Gasteiger partial charge in [0.25, 0.3) is 0 Å². The van der Waals surface area contributed by atoms with Crippen molar-refractivity contribution < 1.29 is 8.42 Å². The molecule has 2 aromatic heterocycles. The van der Waals surface area contributed by atoms with Crippen LogP contribution in [0.1, 0.15) is 25.5 Å². The summed E-state index contributed by atoms with van der Waals surface area (Å²) in [7, 11) is -2.95. The summed E-state index contributed by atoms with van der Waals surface area (Å²) in [6.45, 7) is 3.91. The van der Waals surface area contributed by atoms with Crippen molar-refractivity contribution in [3.63, 3.8) is 0 Å². The molecule has 0 saturated heterocycles. The topological polar surface area (TPSA) is 59.1 Å². The predicted octanol–water partition coefficient (Wildman–Crippen LogP) is 2.38. The molecule has 0 aromatic carbocycles. The van der Waals surface area contributed by atoms with Crippen LogP contribution in [-0.2, 0) is 9.84 Å². The second kappa shape index (κ2) is 5.56. The molecule has 0 amide bonds. The van der Waals surface area contributed by atoms with Gasteiger partial charge in [-0.2, -0.15) is 0 Å². The van der Waals surface area contributed by atoms with Gasteiger partial charge in [0.05, 0.1) is 16.0 Å². The first kappa shape index (κ1) is 14.4.